The molecule has 1 N–H and O–H groups in total. The van der Waals surface area contributed by atoms with Crippen LogP contribution < -0.4 is 5.32 Å². The first-order chi connectivity index (χ1) is 6.59. The quantitative estimate of drug-likeness (QED) is 0.773. The zero-order chi connectivity index (χ0) is 10.6. The number of rotatable bonds is 4. The van der Waals surface area contributed by atoms with E-state index in [2.05, 4.69) is 12.2 Å². The Labute approximate surface area is 87.2 Å². The fraction of sp³-hybridized carbons (Fsp3) is 1.00. The summed E-state index contributed by atoms with van der Waals surface area (Å²) in [5.41, 5.74) is 0. The largest absolute Gasteiger partial charge is 0.317 e. The van der Waals surface area contributed by atoms with Crippen LogP contribution in [0.15, 0.2) is 0 Å². The summed E-state index contributed by atoms with van der Waals surface area (Å²) in [5.74, 6) is 1.11. The van der Waals surface area contributed by atoms with Crippen LogP contribution in [0.3, 0.4) is 0 Å². The standard InChI is InChI=1S/C10H21NO2S/c1-3-5-10(11-2)9-6-4-7-14(12,13)8-9/h9-11H,3-8H2,1-2H3. The molecule has 0 saturated carbocycles. The first kappa shape index (κ1) is 12.0. The summed E-state index contributed by atoms with van der Waals surface area (Å²) >= 11 is 0. The zero-order valence-electron chi connectivity index (χ0n) is 9.12. The van der Waals surface area contributed by atoms with E-state index < -0.39 is 9.84 Å². The second-order valence-corrected chi connectivity index (χ2v) is 6.43. The van der Waals surface area contributed by atoms with Gasteiger partial charge < -0.3 is 5.32 Å². The Hall–Kier alpha value is -0.0900. The Morgan fingerprint density at radius 2 is 2.21 bits per heavy atom. The van der Waals surface area contributed by atoms with Crippen molar-refractivity contribution in [2.24, 2.45) is 5.92 Å². The third-order valence-electron chi connectivity index (χ3n) is 3.04. The van der Waals surface area contributed by atoms with Crippen LogP contribution >= 0.6 is 0 Å². The molecule has 14 heavy (non-hydrogen) atoms. The van der Waals surface area contributed by atoms with Crippen molar-refractivity contribution >= 4 is 9.84 Å². The highest BCUT2D eigenvalue weighted by molar-refractivity contribution is 7.91. The van der Waals surface area contributed by atoms with E-state index in [1.807, 2.05) is 7.05 Å². The lowest BCUT2D eigenvalue weighted by Crippen LogP contribution is -2.40. The van der Waals surface area contributed by atoms with Gasteiger partial charge in [0.1, 0.15) is 0 Å². The Bertz CT molecular complexity index is 261. The number of nitrogens with one attached hydrogen (secondary N) is 1. The van der Waals surface area contributed by atoms with E-state index in [-0.39, 0.29) is 0 Å². The van der Waals surface area contributed by atoms with Crippen molar-refractivity contribution in [1.82, 2.24) is 5.32 Å². The van der Waals surface area contributed by atoms with Crippen molar-refractivity contribution < 1.29 is 8.42 Å². The second kappa shape index (κ2) is 5.12. The van der Waals surface area contributed by atoms with Crippen LogP contribution in [-0.4, -0.2) is 33.0 Å². The molecule has 1 aliphatic rings. The van der Waals surface area contributed by atoms with E-state index in [4.69, 9.17) is 0 Å². The second-order valence-electron chi connectivity index (χ2n) is 4.20. The summed E-state index contributed by atoms with van der Waals surface area (Å²) < 4.78 is 22.9. The lowest BCUT2D eigenvalue weighted by molar-refractivity contribution is 0.345. The van der Waals surface area contributed by atoms with Crippen LogP contribution in [0.2, 0.25) is 0 Å². The Balaban J connectivity index is 2.57. The third-order valence-corrected chi connectivity index (χ3v) is 4.88. The first-order valence-electron chi connectivity index (χ1n) is 5.46. The maximum absolute atomic E-state index is 11.5. The van der Waals surface area contributed by atoms with Crippen molar-refractivity contribution in [3.05, 3.63) is 0 Å². The van der Waals surface area contributed by atoms with Crippen molar-refractivity contribution in [2.45, 2.75) is 38.6 Å². The van der Waals surface area contributed by atoms with Crippen molar-refractivity contribution in [2.75, 3.05) is 18.6 Å². The molecule has 1 fully saturated rings. The average Bonchev–Trinajstić information content (AvgIpc) is 2.12. The summed E-state index contributed by atoms with van der Waals surface area (Å²) in [5, 5.41) is 3.25. The summed E-state index contributed by atoms with van der Waals surface area (Å²) in [6.45, 7) is 2.14. The Kier molecular flexibility index (Phi) is 4.38. The van der Waals surface area contributed by atoms with Crippen LogP contribution in [0.4, 0.5) is 0 Å². The highest BCUT2D eigenvalue weighted by Gasteiger charge is 2.29. The molecule has 0 aliphatic carbocycles. The minimum Gasteiger partial charge on any atom is -0.317 e. The molecule has 0 radical (unpaired) electrons. The van der Waals surface area contributed by atoms with Gasteiger partial charge in [-0.25, -0.2) is 8.42 Å². The lowest BCUT2D eigenvalue weighted by Gasteiger charge is -2.29. The molecule has 1 aliphatic heterocycles. The van der Waals surface area contributed by atoms with Crippen LogP contribution in [0, 0.1) is 5.92 Å². The molecular weight excluding hydrogens is 198 g/mol. The maximum atomic E-state index is 11.5. The molecule has 1 rings (SSSR count). The van der Waals surface area contributed by atoms with Crippen LogP contribution in [0.5, 0.6) is 0 Å². The molecule has 84 valence electrons. The van der Waals surface area contributed by atoms with Gasteiger partial charge in [0, 0.05) is 6.04 Å². The summed E-state index contributed by atoms with van der Waals surface area (Å²) in [6.07, 6.45) is 4.10. The van der Waals surface area contributed by atoms with E-state index >= 15 is 0 Å². The first-order valence-corrected chi connectivity index (χ1v) is 7.29. The molecule has 2 unspecified atom stereocenters. The molecule has 1 heterocycles. The molecule has 1 saturated heterocycles. The van der Waals surface area contributed by atoms with Gasteiger partial charge in [-0.15, -0.1) is 0 Å². The smallest absolute Gasteiger partial charge is 0.150 e. The molecular formula is C10H21NO2S. The maximum Gasteiger partial charge on any atom is 0.150 e. The SMILES string of the molecule is CCCC(NC)C1CCCS(=O)(=O)C1. The minimum absolute atomic E-state index is 0.332. The van der Waals surface area contributed by atoms with Gasteiger partial charge in [0.25, 0.3) is 0 Å². The molecule has 2 atom stereocenters. The number of sulfone groups is 1. The molecule has 3 nitrogen and oxygen atoms in total. The van der Waals surface area contributed by atoms with Gasteiger partial charge in [0.15, 0.2) is 9.84 Å². The fourth-order valence-corrected chi connectivity index (χ4v) is 4.13. The molecule has 0 bridgehead atoms. The predicted octanol–water partition coefficient (Wildman–Crippen LogP) is 1.20. The van der Waals surface area contributed by atoms with Gasteiger partial charge in [-0.2, -0.15) is 0 Å². The molecule has 4 heteroatoms. The van der Waals surface area contributed by atoms with Crippen LogP contribution in [-0.2, 0) is 9.84 Å². The highest BCUT2D eigenvalue weighted by atomic mass is 32.2. The van der Waals surface area contributed by atoms with Crippen LogP contribution in [0.1, 0.15) is 32.6 Å². The molecule has 0 aromatic carbocycles. The normalized spacial score (nSPS) is 28.6. The number of hydrogen-bond donors (Lipinski definition) is 1. The summed E-state index contributed by atoms with van der Waals surface area (Å²) in [4.78, 5) is 0. The van der Waals surface area contributed by atoms with E-state index in [0.717, 1.165) is 25.7 Å². The molecule has 0 aromatic heterocycles. The minimum atomic E-state index is -2.75. The summed E-state index contributed by atoms with van der Waals surface area (Å²) in [7, 11) is -0.813. The van der Waals surface area contributed by atoms with Crippen LogP contribution in [0.25, 0.3) is 0 Å². The third kappa shape index (κ3) is 3.24. The van der Waals surface area contributed by atoms with E-state index in [1.54, 1.807) is 0 Å². The van der Waals surface area contributed by atoms with Crippen molar-refractivity contribution in [3.8, 4) is 0 Å². The Morgan fingerprint density at radius 1 is 1.50 bits per heavy atom. The fourth-order valence-electron chi connectivity index (χ4n) is 2.30. The monoisotopic (exact) mass is 219 g/mol. The van der Waals surface area contributed by atoms with Gasteiger partial charge in [-0.3, -0.25) is 0 Å². The van der Waals surface area contributed by atoms with Gasteiger partial charge in [-0.1, -0.05) is 13.3 Å². The zero-order valence-corrected chi connectivity index (χ0v) is 9.94. The highest BCUT2D eigenvalue weighted by Crippen LogP contribution is 2.23. The van der Waals surface area contributed by atoms with E-state index in [0.29, 0.717) is 23.5 Å². The topological polar surface area (TPSA) is 46.2 Å². The van der Waals surface area contributed by atoms with Gasteiger partial charge >= 0.3 is 0 Å². The van der Waals surface area contributed by atoms with Crippen molar-refractivity contribution in [1.29, 1.82) is 0 Å². The van der Waals surface area contributed by atoms with E-state index in [1.165, 1.54) is 0 Å². The van der Waals surface area contributed by atoms with Gasteiger partial charge in [0.2, 0.25) is 0 Å². The molecule has 0 spiro atoms. The predicted molar refractivity (Wildman–Crippen MR) is 59.1 cm³/mol. The molecule has 0 aromatic rings. The molecule has 0 amide bonds. The Morgan fingerprint density at radius 3 is 2.71 bits per heavy atom. The van der Waals surface area contributed by atoms with Crippen molar-refractivity contribution in [3.63, 3.8) is 0 Å². The summed E-state index contributed by atoms with van der Waals surface area (Å²) in [6, 6.07) is 0.384. The lowest BCUT2D eigenvalue weighted by atomic mass is 9.93. The van der Waals surface area contributed by atoms with Gasteiger partial charge in [0.05, 0.1) is 11.5 Å². The average molecular weight is 219 g/mol. The van der Waals surface area contributed by atoms with Gasteiger partial charge in [-0.05, 0) is 32.2 Å². The van der Waals surface area contributed by atoms with E-state index in [9.17, 15) is 8.42 Å². The number of hydrogen-bond acceptors (Lipinski definition) is 3.